The van der Waals surface area contributed by atoms with Gasteiger partial charge in [-0.3, -0.25) is 25.0 Å². The maximum absolute atomic E-state index is 11.4. The number of aliphatic hydroxyl groups is 1. The molecule has 1 aromatic carbocycles. The molecule has 0 aliphatic carbocycles. The Hall–Kier alpha value is -3.48. The molecule has 0 saturated heterocycles. The predicted molar refractivity (Wildman–Crippen MR) is 93.5 cm³/mol. The molecule has 0 unspecified atom stereocenters. The fraction of sp³-hybridized carbons (Fsp3) is 0.429. The van der Waals surface area contributed by atoms with E-state index in [0.717, 1.165) is 11.0 Å². The van der Waals surface area contributed by atoms with E-state index < -0.39 is 51.3 Å². The van der Waals surface area contributed by atoms with Crippen molar-refractivity contribution >= 4 is 34.6 Å². The van der Waals surface area contributed by atoms with Gasteiger partial charge in [-0.25, -0.2) is 4.79 Å². The van der Waals surface area contributed by atoms with Crippen LogP contribution in [-0.2, 0) is 9.59 Å². The molecule has 148 valence electrons. The van der Waals surface area contributed by atoms with Gasteiger partial charge in [-0.05, 0) is 19.9 Å². The van der Waals surface area contributed by atoms with Gasteiger partial charge in [-0.15, -0.1) is 0 Å². The van der Waals surface area contributed by atoms with Crippen LogP contribution in [0.1, 0.15) is 13.8 Å². The van der Waals surface area contributed by atoms with E-state index in [2.05, 4.69) is 5.32 Å². The number of aliphatic carboxylic acids is 1. The van der Waals surface area contributed by atoms with E-state index in [0.29, 0.717) is 6.07 Å². The highest BCUT2D eigenvalue weighted by atomic mass is 16.6. The Morgan fingerprint density at radius 3 is 2.07 bits per heavy atom. The Morgan fingerprint density at radius 2 is 1.70 bits per heavy atom. The molecule has 0 bridgehead atoms. The molecule has 0 radical (unpaired) electrons. The first kappa shape index (κ1) is 21.6. The normalized spacial score (nSPS) is 13.9. The maximum atomic E-state index is 11.4. The summed E-state index contributed by atoms with van der Waals surface area (Å²) in [6.45, 7) is 2.51. The number of aliphatic hydroxyl groups excluding tert-OH is 1. The minimum absolute atomic E-state index is 0.270. The molecule has 0 aromatic heterocycles. The standard InChI is InChI=1S/C14H19N5O8/c1-6(13(15)21)16-8-4-10(17(3)12(7(2)20)14(22)23)11(19(26)27)5-9(8)18(24)25/h4-7,12,16,20H,1-3H3,(H2,15,21)(H,22,23)/t6-,7+,12-/m1/s1. The van der Waals surface area contributed by atoms with Gasteiger partial charge >= 0.3 is 5.97 Å². The number of nitrogens with zero attached hydrogens (tertiary/aromatic N) is 3. The number of anilines is 2. The Labute approximate surface area is 152 Å². The second kappa shape index (κ2) is 8.27. The molecule has 13 nitrogen and oxygen atoms in total. The van der Waals surface area contributed by atoms with E-state index in [1.54, 1.807) is 0 Å². The highest BCUT2D eigenvalue weighted by Crippen LogP contribution is 2.39. The number of carboxylic acid groups (broad SMARTS) is 1. The van der Waals surface area contributed by atoms with Crippen LogP contribution in [0.5, 0.6) is 0 Å². The summed E-state index contributed by atoms with van der Waals surface area (Å²) in [5.74, 6) is -2.29. The average Bonchev–Trinajstić information content (AvgIpc) is 2.52. The molecule has 1 aromatic rings. The van der Waals surface area contributed by atoms with Crippen molar-refractivity contribution < 1.29 is 29.6 Å². The van der Waals surface area contributed by atoms with Crippen molar-refractivity contribution in [3.05, 3.63) is 32.4 Å². The van der Waals surface area contributed by atoms with Gasteiger partial charge in [0, 0.05) is 7.05 Å². The average molecular weight is 385 g/mol. The third-order valence-electron chi connectivity index (χ3n) is 3.79. The summed E-state index contributed by atoms with van der Waals surface area (Å²) in [6.07, 6.45) is -1.41. The lowest BCUT2D eigenvalue weighted by molar-refractivity contribution is -0.393. The number of amides is 1. The van der Waals surface area contributed by atoms with E-state index in [-0.39, 0.29) is 11.4 Å². The zero-order chi connectivity index (χ0) is 21.0. The number of benzene rings is 1. The van der Waals surface area contributed by atoms with Gasteiger partial charge in [-0.1, -0.05) is 0 Å². The zero-order valence-electron chi connectivity index (χ0n) is 14.6. The third-order valence-corrected chi connectivity index (χ3v) is 3.79. The minimum atomic E-state index is -1.56. The first-order valence-corrected chi connectivity index (χ1v) is 7.54. The van der Waals surface area contributed by atoms with Crippen LogP contribution >= 0.6 is 0 Å². The van der Waals surface area contributed by atoms with Crippen molar-refractivity contribution in [1.82, 2.24) is 0 Å². The summed E-state index contributed by atoms with van der Waals surface area (Å²) in [7, 11) is 1.18. The molecule has 0 fully saturated rings. The Kier molecular flexibility index (Phi) is 6.60. The highest BCUT2D eigenvalue weighted by Gasteiger charge is 2.34. The number of hydrogen-bond donors (Lipinski definition) is 4. The summed E-state index contributed by atoms with van der Waals surface area (Å²) >= 11 is 0. The summed E-state index contributed by atoms with van der Waals surface area (Å²) < 4.78 is 0. The molecule has 27 heavy (non-hydrogen) atoms. The zero-order valence-corrected chi connectivity index (χ0v) is 14.6. The van der Waals surface area contributed by atoms with Crippen molar-refractivity contribution in [3.8, 4) is 0 Å². The Morgan fingerprint density at radius 1 is 1.19 bits per heavy atom. The third kappa shape index (κ3) is 4.78. The lowest BCUT2D eigenvalue weighted by Crippen LogP contribution is -2.46. The molecule has 0 saturated carbocycles. The molecule has 0 aliphatic rings. The molecular weight excluding hydrogens is 366 g/mol. The van der Waals surface area contributed by atoms with E-state index >= 15 is 0 Å². The molecular formula is C14H19N5O8. The van der Waals surface area contributed by atoms with Crippen molar-refractivity contribution in [3.63, 3.8) is 0 Å². The van der Waals surface area contributed by atoms with Crippen molar-refractivity contribution in [2.45, 2.75) is 32.0 Å². The van der Waals surface area contributed by atoms with E-state index in [1.807, 2.05) is 0 Å². The summed E-state index contributed by atoms with van der Waals surface area (Å²) in [5.41, 5.74) is 3.10. The number of nitrogens with two attached hydrogens (primary N) is 1. The SMILES string of the molecule is C[C@H](O)[C@H](C(=O)O)N(C)c1cc(N[C@H](C)C(N)=O)c([N+](=O)[O-])cc1[N+](=O)[O-]. The molecule has 1 rings (SSSR count). The smallest absolute Gasteiger partial charge is 0.329 e. The van der Waals surface area contributed by atoms with Crippen molar-refractivity contribution in [2.75, 3.05) is 17.3 Å². The summed E-state index contributed by atoms with van der Waals surface area (Å²) in [6, 6.07) is -1.00. The first-order valence-electron chi connectivity index (χ1n) is 7.54. The summed E-state index contributed by atoms with van der Waals surface area (Å²) in [5, 5.41) is 44.1. The van der Waals surface area contributed by atoms with Gasteiger partial charge in [0.2, 0.25) is 5.91 Å². The molecule has 5 N–H and O–H groups in total. The van der Waals surface area contributed by atoms with Crippen molar-refractivity contribution in [1.29, 1.82) is 0 Å². The predicted octanol–water partition coefficient (Wildman–Crippen LogP) is 0.0589. The summed E-state index contributed by atoms with van der Waals surface area (Å²) in [4.78, 5) is 44.4. The van der Waals surface area contributed by atoms with E-state index in [9.17, 15) is 40.0 Å². The molecule has 0 heterocycles. The number of hydrogen-bond acceptors (Lipinski definition) is 9. The van der Waals surface area contributed by atoms with Crippen LogP contribution < -0.4 is 16.0 Å². The van der Waals surface area contributed by atoms with Crippen LogP contribution in [-0.4, -0.2) is 57.2 Å². The monoisotopic (exact) mass is 385 g/mol. The van der Waals surface area contributed by atoms with Gasteiger partial charge < -0.3 is 26.2 Å². The lowest BCUT2D eigenvalue weighted by Gasteiger charge is -2.28. The minimum Gasteiger partial charge on any atom is -0.480 e. The van der Waals surface area contributed by atoms with Gasteiger partial charge in [0.05, 0.1) is 22.0 Å². The second-order valence-electron chi connectivity index (χ2n) is 5.78. The Bertz CT molecular complexity index is 781. The van der Waals surface area contributed by atoms with Crippen molar-refractivity contribution in [2.24, 2.45) is 5.73 Å². The topological polar surface area (TPSA) is 202 Å². The fourth-order valence-electron chi connectivity index (χ4n) is 2.41. The number of primary amides is 1. The number of rotatable bonds is 9. The first-order chi connectivity index (χ1) is 12.4. The van der Waals surface area contributed by atoms with Gasteiger partial charge in [0.15, 0.2) is 6.04 Å². The number of nitro benzene ring substituents is 2. The van der Waals surface area contributed by atoms with Gasteiger partial charge in [0.1, 0.15) is 17.4 Å². The maximum Gasteiger partial charge on any atom is 0.329 e. The van der Waals surface area contributed by atoms with E-state index in [1.165, 1.54) is 20.9 Å². The van der Waals surface area contributed by atoms with Crippen LogP contribution in [0.4, 0.5) is 22.7 Å². The number of nitro groups is 2. The molecule has 0 spiro atoms. The number of likely N-dealkylation sites (N-methyl/N-ethyl adjacent to an activating group) is 1. The van der Waals surface area contributed by atoms with Gasteiger partial charge in [-0.2, -0.15) is 0 Å². The van der Waals surface area contributed by atoms with Crippen LogP contribution in [0.25, 0.3) is 0 Å². The highest BCUT2D eigenvalue weighted by molar-refractivity contribution is 5.87. The van der Waals surface area contributed by atoms with Crippen LogP contribution in [0.3, 0.4) is 0 Å². The van der Waals surface area contributed by atoms with Crippen LogP contribution in [0.2, 0.25) is 0 Å². The number of carbonyl (C=O) groups is 2. The van der Waals surface area contributed by atoms with Crippen LogP contribution in [0.15, 0.2) is 12.1 Å². The van der Waals surface area contributed by atoms with Gasteiger partial charge in [0.25, 0.3) is 11.4 Å². The largest absolute Gasteiger partial charge is 0.480 e. The second-order valence-corrected chi connectivity index (χ2v) is 5.78. The molecule has 13 heteroatoms. The fourth-order valence-corrected chi connectivity index (χ4v) is 2.41. The number of carbonyl (C=O) groups excluding carboxylic acids is 1. The number of nitrogens with one attached hydrogen (secondary N) is 1. The Balaban J connectivity index is 3.66. The molecule has 3 atom stereocenters. The molecule has 0 aliphatic heterocycles. The number of carboxylic acids is 1. The molecule has 1 amide bonds. The van der Waals surface area contributed by atoms with E-state index in [4.69, 9.17) is 5.73 Å². The lowest BCUT2D eigenvalue weighted by atomic mass is 10.1. The quantitative estimate of drug-likeness (QED) is 0.332. The van der Waals surface area contributed by atoms with Crippen LogP contribution in [0, 0.1) is 20.2 Å².